The summed E-state index contributed by atoms with van der Waals surface area (Å²) in [7, 11) is 0. The normalized spacial score (nSPS) is 10.7. The number of hydrogen-bond donors (Lipinski definition) is 1. The highest BCUT2D eigenvalue weighted by Crippen LogP contribution is 2.19. The standard InChI is InChI=1S/C12H17ClFNO/c1-2-6-15-7-8-16-9-10-11(13)4-3-5-12(10)14/h3-5,15H,2,6-9H2,1H3. The van der Waals surface area contributed by atoms with Crippen LogP contribution in [0.5, 0.6) is 0 Å². The molecule has 0 heterocycles. The Morgan fingerprint density at radius 1 is 1.38 bits per heavy atom. The molecule has 0 aliphatic carbocycles. The first kappa shape index (κ1) is 13.4. The van der Waals surface area contributed by atoms with Gasteiger partial charge in [-0.15, -0.1) is 0 Å². The van der Waals surface area contributed by atoms with E-state index in [1.165, 1.54) is 6.07 Å². The summed E-state index contributed by atoms with van der Waals surface area (Å²) in [5.41, 5.74) is 0.430. The zero-order chi connectivity index (χ0) is 11.8. The van der Waals surface area contributed by atoms with Crippen molar-refractivity contribution >= 4 is 11.6 Å². The van der Waals surface area contributed by atoms with E-state index in [0.717, 1.165) is 19.5 Å². The maximum absolute atomic E-state index is 13.3. The van der Waals surface area contributed by atoms with Crippen LogP contribution >= 0.6 is 11.6 Å². The van der Waals surface area contributed by atoms with Crippen LogP contribution in [0.4, 0.5) is 4.39 Å². The summed E-state index contributed by atoms with van der Waals surface area (Å²) in [5, 5.41) is 3.62. The first-order valence-corrected chi connectivity index (χ1v) is 5.85. The minimum Gasteiger partial charge on any atom is -0.375 e. The first-order valence-electron chi connectivity index (χ1n) is 5.47. The van der Waals surface area contributed by atoms with Gasteiger partial charge >= 0.3 is 0 Å². The van der Waals surface area contributed by atoms with Gasteiger partial charge in [0.1, 0.15) is 5.82 Å². The molecule has 2 nitrogen and oxygen atoms in total. The number of benzene rings is 1. The third-order valence-electron chi connectivity index (χ3n) is 2.16. The quantitative estimate of drug-likeness (QED) is 0.746. The van der Waals surface area contributed by atoms with Crippen LogP contribution in [0.2, 0.25) is 5.02 Å². The Kier molecular flexibility index (Phi) is 6.38. The summed E-state index contributed by atoms with van der Waals surface area (Å²) in [6.45, 7) is 4.64. The molecular formula is C12H17ClFNO. The Balaban J connectivity index is 2.26. The molecule has 0 aromatic heterocycles. The van der Waals surface area contributed by atoms with Gasteiger partial charge in [-0.1, -0.05) is 24.6 Å². The van der Waals surface area contributed by atoms with Gasteiger partial charge in [-0.05, 0) is 25.1 Å². The zero-order valence-corrected chi connectivity index (χ0v) is 10.2. The van der Waals surface area contributed by atoms with Crippen molar-refractivity contribution < 1.29 is 9.13 Å². The molecule has 0 radical (unpaired) electrons. The smallest absolute Gasteiger partial charge is 0.130 e. The minimum absolute atomic E-state index is 0.222. The molecule has 0 saturated heterocycles. The van der Waals surface area contributed by atoms with Crippen LogP contribution in [0.25, 0.3) is 0 Å². The number of halogens is 2. The molecule has 1 N–H and O–H groups in total. The Hall–Kier alpha value is -0.640. The molecule has 90 valence electrons. The maximum Gasteiger partial charge on any atom is 0.130 e. The molecule has 0 unspecified atom stereocenters. The zero-order valence-electron chi connectivity index (χ0n) is 9.43. The largest absolute Gasteiger partial charge is 0.375 e. The SMILES string of the molecule is CCCNCCOCc1c(F)cccc1Cl. The van der Waals surface area contributed by atoms with Crippen LogP contribution in [0.3, 0.4) is 0 Å². The van der Waals surface area contributed by atoms with Crippen LogP contribution in [0, 0.1) is 5.82 Å². The van der Waals surface area contributed by atoms with E-state index in [1.807, 2.05) is 0 Å². The summed E-state index contributed by atoms with van der Waals surface area (Å²) in [6, 6.07) is 4.64. The van der Waals surface area contributed by atoms with E-state index in [-0.39, 0.29) is 12.4 Å². The Labute approximate surface area is 101 Å². The molecule has 1 aromatic carbocycles. The van der Waals surface area contributed by atoms with Crippen molar-refractivity contribution in [2.24, 2.45) is 0 Å². The number of ether oxygens (including phenoxy) is 1. The predicted octanol–water partition coefficient (Wildman–Crippen LogP) is 3.00. The van der Waals surface area contributed by atoms with E-state index in [0.29, 0.717) is 17.2 Å². The minimum atomic E-state index is -0.311. The average molecular weight is 246 g/mol. The van der Waals surface area contributed by atoms with Gasteiger partial charge in [0.25, 0.3) is 0 Å². The van der Waals surface area contributed by atoms with E-state index < -0.39 is 0 Å². The van der Waals surface area contributed by atoms with Gasteiger partial charge in [0.05, 0.1) is 13.2 Å². The van der Waals surface area contributed by atoms with Gasteiger partial charge in [-0.2, -0.15) is 0 Å². The molecule has 1 aromatic rings. The molecular weight excluding hydrogens is 229 g/mol. The molecule has 0 aliphatic rings. The fourth-order valence-electron chi connectivity index (χ4n) is 1.29. The lowest BCUT2D eigenvalue weighted by molar-refractivity contribution is 0.120. The predicted molar refractivity (Wildman–Crippen MR) is 64.2 cm³/mol. The van der Waals surface area contributed by atoms with Crippen molar-refractivity contribution in [1.29, 1.82) is 0 Å². The van der Waals surface area contributed by atoms with E-state index in [4.69, 9.17) is 16.3 Å². The maximum atomic E-state index is 13.3. The molecule has 0 fully saturated rings. The summed E-state index contributed by atoms with van der Waals surface area (Å²) in [5.74, 6) is -0.311. The molecule has 1 rings (SSSR count). The molecule has 16 heavy (non-hydrogen) atoms. The lowest BCUT2D eigenvalue weighted by Crippen LogP contribution is -2.20. The number of nitrogens with one attached hydrogen (secondary N) is 1. The second kappa shape index (κ2) is 7.60. The summed E-state index contributed by atoms with van der Waals surface area (Å²) < 4.78 is 18.6. The lowest BCUT2D eigenvalue weighted by atomic mass is 10.2. The van der Waals surface area contributed by atoms with Gasteiger partial charge in [0, 0.05) is 17.1 Å². The molecule has 0 atom stereocenters. The van der Waals surface area contributed by atoms with Crippen LogP contribution in [0.1, 0.15) is 18.9 Å². The summed E-state index contributed by atoms with van der Waals surface area (Å²) in [4.78, 5) is 0. The van der Waals surface area contributed by atoms with Crippen molar-refractivity contribution in [3.8, 4) is 0 Å². The van der Waals surface area contributed by atoms with Crippen LogP contribution in [-0.4, -0.2) is 19.7 Å². The average Bonchev–Trinajstić information content (AvgIpc) is 2.26. The Bertz CT molecular complexity index is 300. The highest BCUT2D eigenvalue weighted by Gasteiger charge is 2.06. The summed E-state index contributed by atoms with van der Waals surface area (Å²) in [6.07, 6.45) is 1.10. The van der Waals surface area contributed by atoms with Gasteiger partial charge in [0.2, 0.25) is 0 Å². The van der Waals surface area contributed by atoms with Gasteiger partial charge in [-0.3, -0.25) is 0 Å². The van der Waals surface area contributed by atoms with Crippen molar-refractivity contribution in [2.75, 3.05) is 19.7 Å². The van der Waals surface area contributed by atoms with Crippen molar-refractivity contribution in [3.63, 3.8) is 0 Å². The highest BCUT2D eigenvalue weighted by atomic mass is 35.5. The lowest BCUT2D eigenvalue weighted by Gasteiger charge is -2.07. The number of rotatable bonds is 7. The highest BCUT2D eigenvalue weighted by molar-refractivity contribution is 6.31. The van der Waals surface area contributed by atoms with E-state index in [2.05, 4.69) is 12.2 Å². The molecule has 0 spiro atoms. The molecule has 4 heteroatoms. The van der Waals surface area contributed by atoms with Gasteiger partial charge in [-0.25, -0.2) is 4.39 Å². The van der Waals surface area contributed by atoms with Gasteiger partial charge < -0.3 is 10.1 Å². The fourth-order valence-corrected chi connectivity index (χ4v) is 1.51. The third kappa shape index (κ3) is 4.47. The number of hydrogen-bond acceptors (Lipinski definition) is 2. The van der Waals surface area contributed by atoms with Crippen LogP contribution in [-0.2, 0) is 11.3 Å². The fraction of sp³-hybridized carbons (Fsp3) is 0.500. The second-order valence-electron chi connectivity index (χ2n) is 3.50. The Morgan fingerprint density at radius 2 is 2.19 bits per heavy atom. The first-order chi connectivity index (χ1) is 7.75. The van der Waals surface area contributed by atoms with E-state index in [9.17, 15) is 4.39 Å². The van der Waals surface area contributed by atoms with Crippen LogP contribution < -0.4 is 5.32 Å². The van der Waals surface area contributed by atoms with E-state index in [1.54, 1.807) is 12.1 Å². The molecule has 0 aliphatic heterocycles. The molecule has 0 amide bonds. The second-order valence-corrected chi connectivity index (χ2v) is 3.91. The van der Waals surface area contributed by atoms with Crippen LogP contribution in [0.15, 0.2) is 18.2 Å². The Morgan fingerprint density at radius 3 is 2.88 bits per heavy atom. The monoisotopic (exact) mass is 245 g/mol. The molecule has 0 saturated carbocycles. The van der Waals surface area contributed by atoms with Crippen molar-refractivity contribution in [2.45, 2.75) is 20.0 Å². The molecule has 0 bridgehead atoms. The van der Waals surface area contributed by atoms with Crippen molar-refractivity contribution in [3.05, 3.63) is 34.6 Å². The summed E-state index contributed by atoms with van der Waals surface area (Å²) >= 11 is 5.86. The van der Waals surface area contributed by atoms with E-state index >= 15 is 0 Å². The van der Waals surface area contributed by atoms with Crippen molar-refractivity contribution in [1.82, 2.24) is 5.32 Å². The third-order valence-corrected chi connectivity index (χ3v) is 2.51. The van der Waals surface area contributed by atoms with Gasteiger partial charge in [0.15, 0.2) is 0 Å². The topological polar surface area (TPSA) is 21.3 Å².